The average Bonchev–Trinajstić information content (AvgIpc) is 2.56. The molecule has 1 heterocycles. The Bertz CT molecular complexity index is 595. The number of hydrogen-bond donors (Lipinski definition) is 0. The van der Waals surface area contributed by atoms with E-state index in [0.29, 0.717) is 5.88 Å². The van der Waals surface area contributed by atoms with Gasteiger partial charge in [-0.05, 0) is 29.8 Å². The highest BCUT2D eigenvalue weighted by Crippen LogP contribution is 2.26. The minimum Gasteiger partial charge on any atom is -0.368 e. The zero-order valence-corrected chi connectivity index (χ0v) is 14.1. The number of hydrogen-bond acceptors (Lipinski definition) is 2. The van der Waals surface area contributed by atoms with E-state index >= 15 is 0 Å². The van der Waals surface area contributed by atoms with Crippen molar-refractivity contribution in [3.63, 3.8) is 0 Å². The molecule has 0 radical (unpaired) electrons. The first kappa shape index (κ1) is 14.7. The molecule has 2 aromatic rings. The van der Waals surface area contributed by atoms with Crippen molar-refractivity contribution in [1.82, 2.24) is 0 Å². The highest BCUT2D eigenvalue weighted by molar-refractivity contribution is 9.10. The number of halogens is 2. The number of alkyl halides is 1. The number of benzene rings is 2. The van der Waals surface area contributed by atoms with Crippen molar-refractivity contribution < 1.29 is 0 Å². The Morgan fingerprint density at radius 1 is 0.857 bits per heavy atom. The van der Waals surface area contributed by atoms with Crippen LogP contribution in [-0.4, -0.2) is 26.2 Å². The van der Waals surface area contributed by atoms with E-state index in [9.17, 15) is 0 Å². The molecular formula is C17H18BrClN2. The molecule has 21 heavy (non-hydrogen) atoms. The largest absolute Gasteiger partial charge is 0.368 e. The van der Waals surface area contributed by atoms with Crippen LogP contribution in [0.5, 0.6) is 0 Å². The Balaban J connectivity index is 1.67. The van der Waals surface area contributed by atoms with Crippen molar-refractivity contribution in [2.45, 2.75) is 5.88 Å². The van der Waals surface area contributed by atoms with Crippen LogP contribution >= 0.6 is 27.5 Å². The fourth-order valence-electron chi connectivity index (χ4n) is 2.70. The Morgan fingerprint density at radius 2 is 1.48 bits per heavy atom. The third-order valence-electron chi connectivity index (χ3n) is 3.95. The van der Waals surface area contributed by atoms with E-state index in [0.717, 1.165) is 36.2 Å². The molecule has 1 saturated heterocycles. The molecule has 110 valence electrons. The molecule has 0 bridgehead atoms. The first-order chi connectivity index (χ1) is 10.3. The summed E-state index contributed by atoms with van der Waals surface area (Å²) in [6.07, 6.45) is 0. The van der Waals surface area contributed by atoms with Crippen LogP contribution < -0.4 is 9.80 Å². The van der Waals surface area contributed by atoms with Gasteiger partial charge in [0.1, 0.15) is 0 Å². The van der Waals surface area contributed by atoms with Crippen LogP contribution in [0.3, 0.4) is 0 Å². The van der Waals surface area contributed by atoms with Gasteiger partial charge in [-0.25, -0.2) is 0 Å². The summed E-state index contributed by atoms with van der Waals surface area (Å²) < 4.78 is 1.10. The average molecular weight is 366 g/mol. The van der Waals surface area contributed by atoms with Gasteiger partial charge in [-0.2, -0.15) is 0 Å². The zero-order chi connectivity index (χ0) is 14.7. The maximum absolute atomic E-state index is 5.91. The summed E-state index contributed by atoms with van der Waals surface area (Å²) in [5.41, 5.74) is 3.72. The lowest BCUT2D eigenvalue weighted by atomic mass is 10.2. The van der Waals surface area contributed by atoms with Crippen LogP contribution in [0.25, 0.3) is 0 Å². The Labute approximate surface area is 139 Å². The zero-order valence-electron chi connectivity index (χ0n) is 11.8. The van der Waals surface area contributed by atoms with Crippen molar-refractivity contribution in [2.75, 3.05) is 36.0 Å². The molecule has 1 aliphatic rings. The molecule has 2 nitrogen and oxygen atoms in total. The molecule has 2 aromatic carbocycles. The third kappa shape index (κ3) is 3.35. The van der Waals surface area contributed by atoms with E-state index in [4.69, 9.17) is 11.6 Å². The summed E-state index contributed by atoms with van der Waals surface area (Å²) in [4.78, 5) is 4.88. The second kappa shape index (κ2) is 6.71. The predicted octanol–water partition coefficient (Wildman–Crippen LogP) is 4.51. The Morgan fingerprint density at radius 3 is 2.05 bits per heavy atom. The third-order valence-corrected chi connectivity index (χ3v) is 4.97. The van der Waals surface area contributed by atoms with Crippen LogP contribution in [0.1, 0.15) is 5.56 Å². The second-order valence-corrected chi connectivity index (χ2v) is 6.34. The summed E-state index contributed by atoms with van der Waals surface area (Å²) in [6, 6.07) is 17.1. The standard InChI is InChI=1S/C17H18BrClN2/c18-17-12-16(7-6-14(17)13-19)21-10-8-20(9-11-21)15-4-2-1-3-5-15/h1-7,12H,8-11,13H2. The van der Waals surface area contributed by atoms with Crippen molar-refractivity contribution >= 4 is 38.9 Å². The van der Waals surface area contributed by atoms with E-state index in [2.05, 4.69) is 74.3 Å². The second-order valence-electron chi connectivity index (χ2n) is 5.22. The lowest BCUT2D eigenvalue weighted by Crippen LogP contribution is -2.46. The van der Waals surface area contributed by atoms with Gasteiger partial charge in [-0.15, -0.1) is 11.6 Å². The molecule has 1 fully saturated rings. The number of nitrogens with zero attached hydrogens (tertiary/aromatic N) is 2. The summed E-state index contributed by atoms with van der Waals surface area (Å²) in [5, 5.41) is 0. The van der Waals surface area contributed by atoms with E-state index < -0.39 is 0 Å². The number of piperazine rings is 1. The smallest absolute Gasteiger partial charge is 0.0485 e. The van der Waals surface area contributed by atoms with Crippen LogP contribution in [0, 0.1) is 0 Å². The maximum Gasteiger partial charge on any atom is 0.0485 e. The van der Waals surface area contributed by atoms with Crippen LogP contribution in [-0.2, 0) is 5.88 Å². The van der Waals surface area contributed by atoms with Gasteiger partial charge in [0.05, 0.1) is 0 Å². The minimum absolute atomic E-state index is 0.544. The van der Waals surface area contributed by atoms with Gasteiger partial charge >= 0.3 is 0 Å². The van der Waals surface area contributed by atoms with E-state index in [-0.39, 0.29) is 0 Å². The Kier molecular flexibility index (Phi) is 4.71. The molecule has 0 aliphatic carbocycles. The van der Waals surface area contributed by atoms with Gasteiger partial charge in [0.25, 0.3) is 0 Å². The molecule has 4 heteroatoms. The van der Waals surface area contributed by atoms with E-state index in [1.165, 1.54) is 11.4 Å². The number of para-hydroxylation sites is 1. The van der Waals surface area contributed by atoms with Crippen LogP contribution in [0.2, 0.25) is 0 Å². The lowest BCUT2D eigenvalue weighted by molar-refractivity contribution is 0.653. The molecule has 0 aromatic heterocycles. The van der Waals surface area contributed by atoms with Gasteiger partial charge in [-0.3, -0.25) is 0 Å². The van der Waals surface area contributed by atoms with E-state index in [1.54, 1.807) is 0 Å². The van der Waals surface area contributed by atoms with Crippen molar-refractivity contribution in [2.24, 2.45) is 0 Å². The molecule has 1 aliphatic heterocycles. The van der Waals surface area contributed by atoms with Crippen LogP contribution in [0.4, 0.5) is 11.4 Å². The summed E-state index contributed by atoms with van der Waals surface area (Å²) >= 11 is 9.51. The number of anilines is 2. The topological polar surface area (TPSA) is 6.48 Å². The summed E-state index contributed by atoms with van der Waals surface area (Å²) in [5.74, 6) is 0.544. The first-order valence-electron chi connectivity index (χ1n) is 7.17. The van der Waals surface area contributed by atoms with Crippen molar-refractivity contribution in [3.05, 3.63) is 58.6 Å². The van der Waals surface area contributed by atoms with Gasteiger partial charge in [0.15, 0.2) is 0 Å². The quantitative estimate of drug-likeness (QED) is 0.738. The fourth-order valence-corrected chi connectivity index (χ4v) is 3.60. The molecule has 0 saturated carbocycles. The van der Waals surface area contributed by atoms with Crippen molar-refractivity contribution in [3.8, 4) is 0 Å². The maximum atomic E-state index is 5.91. The molecule has 0 spiro atoms. The summed E-state index contributed by atoms with van der Waals surface area (Å²) in [6.45, 7) is 4.20. The molecular weight excluding hydrogens is 348 g/mol. The van der Waals surface area contributed by atoms with Gasteiger partial charge < -0.3 is 9.80 Å². The monoisotopic (exact) mass is 364 g/mol. The SMILES string of the molecule is ClCc1ccc(N2CCN(c3ccccc3)CC2)cc1Br. The van der Waals surface area contributed by atoms with Gasteiger partial charge in [0.2, 0.25) is 0 Å². The molecule has 0 atom stereocenters. The van der Waals surface area contributed by atoms with Crippen LogP contribution in [0.15, 0.2) is 53.0 Å². The summed E-state index contributed by atoms with van der Waals surface area (Å²) in [7, 11) is 0. The van der Waals surface area contributed by atoms with Gasteiger partial charge in [0, 0.05) is 47.9 Å². The normalized spacial score (nSPS) is 15.3. The van der Waals surface area contributed by atoms with E-state index in [1.807, 2.05) is 0 Å². The highest BCUT2D eigenvalue weighted by Gasteiger charge is 2.17. The molecule has 0 amide bonds. The number of rotatable bonds is 3. The minimum atomic E-state index is 0.544. The van der Waals surface area contributed by atoms with Crippen molar-refractivity contribution in [1.29, 1.82) is 0 Å². The first-order valence-corrected chi connectivity index (χ1v) is 8.50. The molecule has 0 N–H and O–H groups in total. The Hall–Kier alpha value is -1.19. The fraction of sp³-hybridized carbons (Fsp3) is 0.294. The molecule has 0 unspecified atom stereocenters. The lowest BCUT2D eigenvalue weighted by Gasteiger charge is -2.37. The molecule has 3 rings (SSSR count). The van der Waals surface area contributed by atoms with Gasteiger partial charge in [-0.1, -0.05) is 40.2 Å². The highest BCUT2D eigenvalue weighted by atomic mass is 79.9. The predicted molar refractivity (Wildman–Crippen MR) is 94.6 cm³/mol.